The Morgan fingerprint density at radius 2 is 2.00 bits per heavy atom. The molecule has 0 spiro atoms. The Morgan fingerprint density at radius 1 is 1.22 bits per heavy atom. The first kappa shape index (κ1) is 19.5. The summed E-state index contributed by atoms with van der Waals surface area (Å²) in [5.41, 5.74) is 2.10. The van der Waals surface area contributed by atoms with E-state index in [1.807, 2.05) is 31.2 Å². The molecule has 0 saturated carbocycles. The first-order valence-corrected chi connectivity index (χ1v) is 9.99. The van der Waals surface area contributed by atoms with Crippen LogP contribution in [0.15, 0.2) is 47.4 Å². The van der Waals surface area contributed by atoms with Crippen LogP contribution in [0, 0.1) is 19.7 Å². The Balaban J connectivity index is 1.70. The number of rotatable bonds is 5. The van der Waals surface area contributed by atoms with Gasteiger partial charge in [0, 0.05) is 12.2 Å². The molecule has 2 aromatic rings. The van der Waals surface area contributed by atoms with E-state index in [0.717, 1.165) is 17.3 Å². The van der Waals surface area contributed by atoms with Crippen LogP contribution in [0.4, 0.5) is 10.1 Å². The maximum absolute atomic E-state index is 13.2. The summed E-state index contributed by atoms with van der Waals surface area (Å²) in [5, 5.41) is 0. The minimum Gasteiger partial charge on any atom is -0.365 e. The van der Waals surface area contributed by atoms with Crippen molar-refractivity contribution >= 4 is 21.6 Å². The molecule has 1 aliphatic heterocycles. The first-order valence-electron chi connectivity index (χ1n) is 8.51. The van der Waals surface area contributed by atoms with Crippen LogP contribution in [0.25, 0.3) is 0 Å². The number of benzene rings is 2. The predicted octanol–water partition coefficient (Wildman–Crippen LogP) is 2.15. The number of hydrogen-bond acceptors (Lipinski definition) is 4. The topological polar surface area (TPSA) is 75.7 Å². The molecule has 2 aromatic carbocycles. The van der Waals surface area contributed by atoms with Crippen LogP contribution in [-0.4, -0.2) is 40.1 Å². The van der Waals surface area contributed by atoms with E-state index < -0.39 is 21.9 Å². The molecule has 0 aliphatic carbocycles. The largest absolute Gasteiger partial charge is 0.365 e. The lowest BCUT2D eigenvalue weighted by molar-refractivity contribution is -0.129. The average Bonchev–Trinajstić information content (AvgIpc) is 2.60. The molecule has 144 valence electrons. The lowest BCUT2D eigenvalue weighted by atomic mass is 10.2. The molecule has 1 saturated heterocycles. The molecule has 0 bridgehead atoms. The summed E-state index contributed by atoms with van der Waals surface area (Å²) < 4.78 is 46.2. The molecular weight excluding hydrogens is 371 g/mol. The van der Waals surface area contributed by atoms with E-state index in [1.165, 1.54) is 19.1 Å². The SMILES string of the molecule is Cc1cccc(N2CC(CNS(=O)(=O)c3ccc(F)cc3C)OCC2=O)c1. The second-order valence-electron chi connectivity index (χ2n) is 6.54. The zero-order chi connectivity index (χ0) is 19.6. The fraction of sp³-hybridized carbons (Fsp3) is 0.316. The highest BCUT2D eigenvalue weighted by atomic mass is 32.2. The fourth-order valence-corrected chi connectivity index (χ4v) is 4.28. The molecule has 6 nitrogen and oxygen atoms in total. The molecule has 1 heterocycles. The zero-order valence-corrected chi connectivity index (χ0v) is 15.9. The lowest BCUT2D eigenvalue weighted by Crippen LogP contribution is -2.50. The summed E-state index contributed by atoms with van der Waals surface area (Å²) in [6.07, 6.45) is -0.487. The number of carbonyl (C=O) groups excluding carboxylic acids is 1. The van der Waals surface area contributed by atoms with E-state index in [1.54, 1.807) is 4.90 Å². The number of ether oxygens (including phenoxy) is 1. The van der Waals surface area contributed by atoms with Gasteiger partial charge in [0.25, 0.3) is 5.91 Å². The number of sulfonamides is 1. The maximum Gasteiger partial charge on any atom is 0.253 e. The molecule has 1 N–H and O–H groups in total. The van der Waals surface area contributed by atoms with Crippen molar-refractivity contribution in [2.24, 2.45) is 0 Å². The van der Waals surface area contributed by atoms with Gasteiger partial charge in [0.1, 0.15) is 12.4 Å². The zero-order valence-electron chi connectivity index (χ0n) is 15.1. The van der Waals surface area contributed by atoms with Gasteiger partial charge >= 0.3 is 0 Å². The number of aryl methyl sites for hydroxylation is 2. The Labute approximate surface area is 158 Å². The van der Waals surface area contributed by atoms with Crippen molar-refractivity contribution in [3.05, 3.63) is 59.4 Å². The Bertz CT molecular complexity index is 962. The Hall–Kier alpha value is -2.29. The second kappa shape index (κ2) is 7.75. The van der Waals surface area contributed by atoms with Crippen molar-refractivity contribution in [3.8, 4) is 0 Å². The van der Waals surface area contributed by atoms with Crippen LogP contribution in [0.1, 0.15) is 11.1 Å². The number of nitrogens with zero attached hydrogens (tertiary/aromatic N) is 1. The van der Waals surface area contributed by atoms with Crippen LogP contribution in [0.3, 0.4) is 0 Å². The van der Waals surface area contributed by atoms with Crippen LogP contribution in [0.2, 0.25) is 0 Å². The third-order valence-corrected chi connectivity index (χ3v) is 5.95. The van der Waals surface area contributed by atoms with Gasteiger partial charge in [0.15, 0.2) is 0 Å². The molecule has 1 amide bonds. The molecule has 1 atom stereocenters. The fourth-order valence-electron chi connectivity index (χ4n) is 2.99. The van der Waals surface area contributed by atoms with E-state index in [2.05, 4.69) is 4.72 Å². The number of amides is 1. The molecule has 8 heteroatoms. The highest BCUT2D eigenvalue weighted by Crippen LogP contribution is 2.20. The third kappa shape index (κ3) is 4.52. The van der Waals surface area contributed by atoms with Gasteiger partial charge in [-0.1, -0.05) is 12.1 Å². The number of morpholine rings is 1. The van der Waals surface area contributed by atoms with Gasteiger partial charge < -0.3 is 9.64 Å². The minimum atomic E-state index is -3.81. The smallest absolute Gasteiger partial charge is 0.253 e. The summed E-state index contributed by atoms with van der Waals surface area (Å²) in [6, 6.07) is 11.0. The summed E-state index contributed by atoms with van der Waals surface area (Å²) in [7, 11) is -3.81. The number of hydrogen-bond donors (Lipinski definition) is 1. The van der Waals surface area contributed by atoms with Crippen molar-refractivity contribution < 1.29 is 22.3 Å². The van der Waals surface area contributed by atoms with Crippen LogP contribution in [0.5, 0.6) is 0 Å². The van der Waals surface area contributed by atoms with E-state index >= 15 is 0 Å². The Morgan fingerprint density at radius 3 is 2.70 bits per heavy atom. The Kier molecular flexibility index (Phi) is 5.59. The first-order chi connectivity index (χ1) is 12.8. The third-order valence-electron chi connectivity index (χ3n) is 4.37. The van der Waals surface area contributed by atoms with Gasteiger partial charge in [0.2, 0.25) is 10.0 Å². The van der Waals surface area contributed by atoms with E-state index in [9.17, 15) is 17.6 Å². The number of anilines is 1. The molecule has 27 heavy (non-hydrogen) atoms. The highest BCUT2D eigenvalue weighted by Gasteiger charge is 2.29. The van der Waals surface area contributed by atoms with Crippen molar-refractivity contribution in [2.45, 2.75) is 24.8 Å². The molecular formula is C19H21FN2O4S. The van der Waals surface area contributed by atoms with Gasteiger partial charge in [-0.3, -0.25) is 4.79 Å². The second-order valence-corrected chi connectivity index (χ2v) is 8.27. The lowest BCUT2D eigenvalue weighted by Gasteiger charge is -2.33. The van der Waals surface area contributed by atoms with Crippen LogP contribution < -0.4 is 9.62 Å². The minimum absolute atomic E-state index is 0.00868. The summed E-state index contributed by atoms with van der Waals surface area (Å²) in [6.45, 7) is 3.61. The quantitative estimate of drug-likeness (QED) is 0.846. The van der Waals surface area contributed by atoms with Crippen LogP contribution in [-0.2, 0) is 19.6 Å². The number of halogens is 1. The number of nitrogens with one attached hydrogen (secondary N) is 1. The van der Waals surface area contributed by atoms with E-state index in [-0.39, 0.29) is 30.5 Å². The van der Waals surface area contributed by atoms with Gasteiger partial charge in [0.05, 0.1) is 17.5 Å². The summed E-state index contributed by atoms with van der Waals surface area (Å²) in [5.74, 6) is -0.663. The predicted molar refractivity (Wildman–Crippen MR) is 99.6 cm³/mol. The van der Waals surface area contributed by atoms with Gasteiger partial charge in [-0.2, -0.15) is 0 Å². The molecule has 1 aliphatic rings. The van der Waals surface area contributed by atoms with Crippen molar-refractivity contribution in [1.82, 2.24) is 4.72 Å². The number of carbonyl (C=O) groups is 1. The van der Waals surface area contributed by atoms with Crippen molar-refractivity contribution in [3.63, 3.8) is 0 Å². The van der Waals surface area contributed by atoms with E-state index in [0.29, 0.717) is 5.56 Å². The van der Waals surface area contributed by atoms with Gasteiger partial charge in [-0.25, -0.2) is 17.5 Å². The summed E-state index contributed by atoms with van der Waals surface area (Å²) >= 11 is 0. The molecule has 1 fully saturated rings. The summed E-state index contributed by atoms with van der Waals surface area (Å²) in [4.78, 5) is 13.8. The normalized spacial score (nSPS) is 18.0. The van der Waals surface area contributed by atoms with Gasteiger partial charge in [-0.05, 0) is 55.3 Å². The van der Waals surface area contributed by atoms with Gasteiger partial charge in [-0.15, -0.1) is 0 Å². The van der Waals surface area contributed by atoms with E-state index in [4.69, 9.17) is 4.74 Å². The monoisotopic (exact) mass is 392 g/mol. The standard InChI is InChI=1S/C19H21FN2O4S/c1-13-4-3-5-16(8-13)22-11-17(26-12-19(22)23)10-21-27(24,25)18-7-6-15(20)9-14(18)2/h3-9,17,21H,10-12H2,1-2H3. The van der Waals surface area contributed by atoms with Crippen molar-refractivity contribution in [2.75, 3.05) is 24.6 Å². The maximum atomic E-state index is 13.2. The molecule has 1 unspecified atom stereocenters. The molecule has 3 rings (SSSR count). The van der Waals surface area contributed by atoms with Crippen molar-refractivity contribution in [1.29, 1.82) is 0 Å². The average molecular weight is 392 g/mol. The molecule has 0 aromatic heterocycles. The molecule has 0 radical (unpaired) electrons. The van der Waals surface area contributed by atoms with Crippen LogP contribution >= 0.6 is 0 Å². The highest BCUT2D eigenvalue weighted by molar-refractivity contribution is 7.89.